The van der Waals surface area contributed by atoms with E-state index in [4.69, 9.17) is 0 Å². The van der Waals surface area contributed by atoms with Crippen molar-refractivity contribution in [3.8, 4) is 0 Å². The zero-order valence-electron chi connectivity index (χ0n) is 11.9. The molecule has 4 nitrogen and oxygen atoms in total. The minimum Gasteiger partial charge on any atom is -0.481 e. The molecule has 1 aliphatic heterocycles. The van der Waals surface area contributed by atoms with Crippen LogP contribution < -0.4 is 0 Å². The molecule has 1 saturated heterocycles. The van der Waals surface area contributed by atoms with Crippen molar-refractivity contribution in [3.63, 3.8) is 0 Å². The summed E-state index contributed by atoms with van der Waals surface area (Å²) in [6.07, 6.45) is 0.337. The lowest BCUT2D eigenvalue weighted by molar-refractivity contribution is -0.150. The molecular weight excluding hydrogens is 280 g/mol. The molecule has 114 valence electrons. The maximum Gasteiger partial charge on any atom is 0.311 e. The van der Waals surface area contributed by atoms with Crippen molar-refractivity contribution < 1.29 is 23.5 Å². The van der Waals surface area contributed by atoms with Crippen molar-refractivity contribution in [3.05, 3.63) is 35.4 Å². The highest BCUT2D eigenvalue weighted by Crippen LogP contribution is 2.38. The average molecular weight is 297 g/mol. The van der Waals surface area contributed by atoms with Crippen LogP contribution in [0.1, 0.15) is 30.6 Å². The van der Waals surface area contributed by atoms with Gasteiger partial charge >= 0.3 is 5.97 Å². The normalized spacial score (nSPS) is 21.9. The summed E-state index contributed by atoms with van der Waals surface area (Å²) < 4.78 is 26.4. The number of carboxylic acid groups (broad SMARTS) is 1. The summed E-state index contributed by atoms with van der Waals surface area (Å²) in [5.74, 6) is -3.29. The van der Waals surface area contributed by atoms with Gasteiger partial charge in [-0.1, -0.05) is 13.8 Å². The van der Waals surface area contributed by atoms with E-state index in [1.807, 2.05) is 0 Å². The Balaban J connectivity index is 2.24. The van der Waals surface area contributed by atoms with E-state index in [0.717, 1.165) is 12.1 Å². The molecule has 1 aromatic carbocycles. The van der Waals surface area contributed by atoms with E-state index in [1.165, 1.54) is 4.90 Å². The topological polar surface area (TPSA) is 57.6 Å². The number of amides is 1. The molecular formula is C15H17F2NO3. The third kappa shape index (κ3) is 2.75. The summed E-state index contributed by atoms with van der Waals surface area (Å²) in [4.78, 5) is 25.2. The number of nitrogens with zero attached hydrogens (tertiary/aromatic N) is 1. The van der Waals surface area contributed by atoms with Gasteiger partial charge in [0.1, 0.15) is 11.6 Å². The minimum atomic E-state index is -0.998. The molecule has 1 heterocycles. The van der Waals surface area contributed by atoms with Gasteiger partial charge in [-0.25, -0.2) is 8.78 Å². The number of halogens is 2. The molecule has 0 bridgehead atoms. The fourth-order valence-corrected chi connectivity index (χ4v) is 2.76. The lowest BCUT2D eigenvalue weighted by Crippen LogP contribution is -2.40. The van der Waals surface area contributed by atoms with Gasteiger partial charge in [-0.05, 0) is 24.5 Å². The monoisotopic (exact) mass is 297 g/mol. The Morgan fingerprint density at radius 1 is 1.24 bits per heavy atom. The largest absolute Gasteiger partial charge is 0.481 e. The van der Waals surface area contributed by atoms with Gasteiger partial charge in [0.15, 0.2) is 0 Å². The molecule has 1 amide bonds. The third-order valence-electron chi connectivity index (χ3n) is 4.23. The highest BCUT2D eigenvalue weighted by molar-refractivity contribution is 5.95. The number of carboxylic acids is 1. The lowest BCUT2D eigenvalue weighted by atomic mass is 9.76. The number of rotatable bonds is 3. The maximum absolute atomic E-state index is 13.2. The quantitative estimate of drug-likeness (QED) is 0.932. The zero-order chi connectivity index (χ0) is 15.8. The van der Waals surface area contributed by atoms with Gasteiger partial charge in [-0.3, -0.25) is 9.59 Å². The van der Waals surface area contributed by atoms with E-state index in [9.17, 15) is 23.5 Å². The molecule has 1 fully saturated rings. The van der Waals surface area contributed by atoms with Crippen LogP contribution in [-0.4, -0.2) is 35.0 Å². The summed E-state index contributed by atoms with van der Waals surface area (Å²) in [5.41, 5.74) is -1.10. The third-order valence-corrected chi connectivity index (χ3v) is 4.23. The molecule has 1 N–H and O–H groups in total. The van der Waals surface area contributed by atoms with Crippen LogP contribution >= 0.6 is 0 Å². The Morgan fingerprint density at radius 3 is 2.24 bits per heavy atom. The van der Waals surface area contributed by atoms with Gasteiger partial charge in [0, 0.05) is 24.7 Å². The number of carbonyl (C=O) groups excluding carboxylic acids is 1. The van der Waals surface area contributed by atoms with Crippen LogP contribution in [0.2, 0.25) is 0 Å². The van der Waals surface area contributed by atoms with Crippen LogP contribution in [-0.2, 0) is 4.79 Å². The summed E-state index contributed by atoms with van der Waals surface area (Å²) in [6.45, 7) is 3.91. The van der Waals surface area contributed by atoms with Crippen LogP contribution in [0, 0.1) is 23.0 Å². The highest BCUT2D eigenvalue weighted by Gasteiger charge is 2.48. The first kappa shape index (κ1) is 15.4. The second-order valence-corrected chi connectivity index (χ2v) is 5.75. The Morgan fingerprint density at radius 2 is 1.81 bits per heavy atom. The molecule has 0 radical (unpaired) electrons. The van der Waals surface area contributed by atoms with Crippen LogP contribution in [0.4, 0.5) is 8.78 Å². The second-order valence-electron chi connectivity index (χ2n) is 5.75. The van der Waals surface area contributed by atoms with Crippen molar-refractivity contribution in [2.45, 2.75) is 20.3 Å². The summed E-state index contributed by atoms with van der Waals surface area (Å²) in [5, 5.41) is 9.43. The summed E-state index contributed by atoms with van der Waals surface area (Å²) in [7, 11) is 0. The highest BCUT2D eigenvalue weighted by atomic mass is 19.1. The van der Waals surface area contributed by atoms with Gasteiger partial charge < -0.3 is 10.0 Å². The molecule has 0 aromatic heterocycles. The average Bonchev–Trinajstić information content (AvgIpc) is 2.83. The molecule has 21 heavy (non-hydrogen) atoms. The Kier molecular flexibility index (Phi) is 3.98. The minimum absolute atomic E-state index is 0.0525. The zero-order valence-corrected chi connectivity index (χ0v) is 11.9. The number of benzene rings is 1. The fraction of sp³-hybridized carbons (Fsp3) is 0.467. The lowest BCUT2D eigenvalue weighted by Gasteiger charge is -2.28. The van der Waals surface area contributed by atoms with Crippen molar-refractivity contribution in [2.75, 3.05) is 13.1 Å². The van der Waals surface area contributed by atoms with Crippen LogP contribution in [0.25, 0.3) is 0 Å². The number of likely N-dealkylation sites (tertiary alicyclic amines) is 1. The van der Waals surface area contributed by atoms with Crippen LogP contribution in [0.5, 0.6) is 0 Å². The summed E-state index contributed by atoms with van der Waals surface area (Å²) in [6, 6.07) is 2.61. The SMILES string of the molecule is CC(C)C1(C(=O)O)CCN(C(=O)c2cc(F)cc(F)c2)C1. The van der Waals surface area contributed by atoms with Gasteiger partial charge in [0.2, 0.25) is 0 Å². The van der Waals surface area contributed by atoms with Crippen molar-refractivity contribution in [1.82, 2.24) is 4.90 Å². The van der Waals surface area contributed by atoms with E-state index >= 15 is 0 Å². The first-order valence-electron chi connectivity index (χ1n) is 6.75. The molecule has 1 unspecified atom stereocenters. The first-order valence-corrected chi connectivity index (χ1v) is 6.75. The van der Waals surface area contributed by atoms with E-state index < -0.39 is 28.9 Å². The smallest absolute Gasteiger partial charge is 0.311 e. The summed E-state index contributed by atoms with van der Waals surface area (Å²) >= 11 is 0. The van der Waals surface area contributed by atoms with Crippen molar-refractivity contribution >= 4 is 11.9 Å². The van der Waals surface area contributed by atoms with E-state index in [1.54, 1.807) is 13.8 Å². The van der Waals surface area contributed by atoms with E-state index in [2.05, 4.69) is 0 Å². The standard InChI is InChI=1S/C15H17F2NO3/c1-9(2)15(14(20)21)3-4-18(8-15)13(19)10-5-11(16)7-12(17)6-10/h5-7,9H,3-4,8H2,1-2H3,(H,20,21). The number of hydrogen-bond donors (Lipinski definition) is 1. The Hall–Kier alpha value is -1.98. The van der Waals surface area contributed by atoms with Gasteiger partial charge in [0.25, 0.3) is 5.91 Å². The Labute approximate surface area is 121 Å². The maximum atomic E-state index is 13.2. The molecule has 1 aliphatic rings. The molecule has 1 atom stereocenters. The van der Waals surface area contributed by atoms with Crippen LogP contribution in [0.3, 0.4) is 0 Å². The molecule has 6 heteroatoms. The second kappa shape index (κ2) is 5.42. The molecule has 2 rings (SSSR count). The predicted molar refractivity (Wildman–Crippen MR) is 71.8 cm³/mol. The van der Waals surface area contributed by atoms with Crippen LogP contribution in [0.15, 0.2) is 18.2 Å². The molecule has 0 aliphatic carbocycles. The van der Waals surface area contributed by atoms with Crippen molar-refractivity contribution in [2.24, 2.45) is 11.3 Å². The van der Waals surface area contributed by atoms with Gasteiger partial charge in [-0.2, -0.15) is 0 Å². The molecule has 1 aromatic rings. The van der Waals surface area contributed by atoms with Crippen molar-refractivity contribution in [1.29, 1.82) is 0 Å². The molecule has 0 spiro atoms. The van der Waals surface area contributed by atoms with Gasteiger partial charge in [0.05, 0.1) is 5.41 Å². The first-order chi connectivity index (χ1) is 9.76. The predicted octanol–water partition coefficient (Wildman–Crippen LogP) is 2.54. The number of carbonyl (C=O) groups is 2. The van der Waals surface area contributed by atoms with Gasteiger partial charge in [-0.15, -0.1) is 0 Å². The van der Waals surface area contributed by atoms with E-state index in [-0.39, 0.29) is 24.6 Å². The molecule has 0 saturated carbocycles. The fourth-order valence-electron chi connectivity index (χ4n) is 2.76. The number of aliphatic carboxylic acids is 1. The Bertz CT molecular complexity index is 568. The number of hydrogen-bond acceptors (Lipinski definition) is 2. The van der Waals surface area contributed by atoms with E-state index in [0.29, 0.717) is 12.5 Å².